The van der Waals surface area contributed by atoms with Crippen LogP contribution in [0.1, 0.15) is 23.2 Å². The van der Waals surface area contributed by atoms with E-state index < -0.39 is 0 Å². The van der Waals surface area contributed by atoms with Crippen LogP contribution in [0.2, 0.25) is 5.02 Å². The zero-order chi connectivity index (χ0) is 16.8. The van der Waals surface area contributed by atoms with E-state index in [-0.39, 0.29) is 5.91 Å². The first-order chi connectivity index (χ1) is 11.7. The number of aromatic nitrogens is 2. The molecule has 1 aliphatic heterocycles. The van der Waals surface area contributed by atoms with E-state index in [1.807, 2.05) is 6.07 Å². The number of carbonyl (C=O) groups is 1. The third kappa shape index (κ3) is 4.35. The maximum absolute atomic E-state index is 12.0. The molecule has 1 aliphatic rings. The number of hydrogen-bond donors (Lipinski definition) is 2. The summed E-state index contributed by atoms with van der Waals surface area (Å²) in [7, 11) is 0. The maximum atomic E-state index is 12.0. The summed E-state index contributed by atoms with van der Waals surface area (Å²) in [6, 6.07) is 8.77. The summed E-state index contributed by atoms with van der Waals surface area (Å²) < 4.78 is 0. The highest BCUT2D eigenvalue weighted by Crippen LogP contribution is 2.19. The summed E-state index contributed by atoms with van der Waals surface area (Å²) in [6.07, 6.45) is 4.00. The molecule has 1 saturated heterocycles. The molecule has 0 aliphatic carbocycles. The SMILES string of the molecule is O=C(NCCNc1cc(N2CCCC2)ncn1)c1ccc(Cl)cc1. The molecule has 2 N–H and O–H groups in total. The van der Waals surface area contributed by atoms with Crippen molar-refractivity contribution in [2.45, 2.75) is 12.8 Å². The minimum absolute atomic E-state index is 0.117. The minimum atomic E-state index is -0.117. The molecule has 1 amide bonds. The lowest BCUT2D eigenvalue weighted by molar-refractivity contribution is 0.0955. The molecule has 0 atom stereocenters. The van der Waals surface area contributed by atoms with Gasteiger partial charge >= 0.3 is 0 Å². The number of amides is 1. The van der Waals surface area contributed by atoms with Crippen LogP contribution in [0.15, 0.2) is 36.7 Å². The fourth-order valence-corrected chi connectivity index (χ4v) is 2.76. The van der Waals surface area contributed by atoms with Gasteiger partial charge in [-0.3, -0.25) is 4.79 Å². The van der Waals surface area contributed by atoms with Crippen molar-refractivity contribution in [2.75, 3.05) is 36.4 Å². The Bertz CT molecular complexity index is 686. The van der Waals surface area contributed by atoms with E-state index in [1.165, 1.54) is 12.8 Å². The quantitative estimate of drug-likeness (QED) is 0.787. The zero-order valence-electron chi connectivity index (χ0n) is 13.3. The van der Waals surface area contributed by atoms with Crippen molar-refractivity contribution in [1.82, 2.24) is 15.3 Å². The summed E-state index contributed by atoms with van der Waals surface area (Å²) in [5.74, 6) is 1.61. The first-order valence-corrected chi connectivity index (χ1v) is 8.45. The van der Waals surface area contributed by atoms with Gasteiger partial charge in [0.15, 0.2) is 0 Å². The lowest BCUT2D eigenvalue weighted by atomic mass is 10.2. The largest absolute Gasteiger partial charge is 0.368 e. The first kappa shape index (κ1) is 16.5. The van der Waals surface area contributed by atoms with Gasteiger partial charge in [0.05, 0.1) is 0 Å². The Morgan fingerprint density at radius 3 is 2.62 bits per heavy atom. The summed E-state index contributed by atoms with van der Waals surface area (Å²) in [5.41, 5.74) is 0.595. The topological polar surface area (TPSA) is 70.2 Å². The van der Waals surface area contributed by atoms with E-state index in [0.29, 0.717) is 23.7 Å². The van der Waals surface area contributed by atoms with E-state index in [4.69, 9.17) is 11.6 Å². The monoisotopic (exact) mass is 345 g/mol. The minimum Gasteiger partial charge on any atom is -0.368 e. The molecule has 0 spiro atoms. The molecule has 24 heavy (non-hydrogen) atoms. The molecule has 3 rings (SSSR count). The van der Waals surface area contributed by atoms with Crippen molar-refractivity contribution in [2.24, 2.45) is 0 Å². The van der Waals surface area contributed by atoms with Gasteiger partial charge < -0.3 is 15.5 Å². The molecule has 1 fully saturated rings. The molecule has 0 bridgehead atoms. The van der Waals surface area contributed by atoms with E-state index >= 15 is 0 Å². The normalized spacial score (nSPS) is 13.8. The van der Waals surface area contributed by atoms with E-state index in [0.717, 1.165) is 24.7 Å². The molecule has 7 heteroatoms. The highest BCUT2D eigenvalue weighted by Gasteiger charge is 2.13. The van der Waals surface area contributed by atoms with Gasteiger partial charge in [0.25, 0.3) is 5.91 Å². The van der Waals surface area contributed by atoms with Crippen LogP contribution < -0.4 is 15.5 Å². The highest BCUT2D eigenvalue weighted by atomic mass is 35.5. The van der Waals surface area contributed by atoms with Crippen LogP contribution >= 0.6 is 11.6 Å². The number of hydrogen-bond acceptors (Lipinski definition) is 5. The average Bonchev–Trinajstić information content (AvgIpc) is 3.14. The number of rotatable bonds is 6. The van der Waals surface area contributed by atoms with Crippen molar-refractivity contribution in [3.63, 3.8) is 0 Å². The van der Waals surface area contributed by atoms with Gasteiger partial charge in [-0.2, -0.15) is 0 Å². The van der Waals surface area contributed by atoms with Crippen molar-refractivity contribution in [1.29, 1.82) is 0 Å². The Labute approximate surface area is 146 Å². The summed E-state index contributed by atoms with van der Waals surface area (Å²) in [4.78, 5) is 22.8. The van der Waals surface area contributed by atoms with Gasteiger partial charge in [-0.25, -0.2) is 9.97 Å². The molecule has 0 saturated carbocycles. The Hall–Kier alpha value is -2.34. The third-order valence-corrected chi connectivity index (χ3v) is 4.16. The lowest BCUT2D eigenvalue weighted by Gasteiger charge is -2.16. The lowest BCUT2D eigenvalue weighted by Crippen LogP contribution is -2.29. The van der Waals surface area contributed by atoms with Gasteiger partial charge in [0, 0.05) is 42.8 Å². The van der Waals surface area contributed by atoms with Gasteiger partial charge in [-0.1, -0.05) is 11.6 Å². The van der Waals surface area contributed by atoms with Crippen LogP contribution in [0.5, 0.6) is 0 Å². The van der Waals surface area contributed by atoms with Gasteiger partial charge in [0.2, 0.25) is 0 Å². The van der Waals surface area contributed by atoms with Crippen LogP contribution in [-0.4, -0.2) is 42.1 Å². The van der Waals surface area contributed by atoms with Gasteiger partial charge in [-0.05, 0) is 37.1 Å². The fraction of sp³-hybridized carbons (Fsp3) is 0.353. The second kappa shape index (κ2) is 7.97. The van der Waals surface area contributed by atoms with Crippen molar-refractivity contribution >= 4 is 29.1 Å². The molecule has 2 heterocycles. The number of nitrogens with zero attached hydrogens (tertiary/aromatic N) is 3. The smallest absolute Gasteiger partial charge is 0.251 e. The summed E-state index contributed by atoms with van der Waals surface area (Å²) >= 11 is 5.81. The average molecular weight is 346 g/mol. The van der Waals surface area contributed by atoms with Crippen molar-refractivity contribution in [3.8, 4) is 0 Å². The van der Waals surface area contributed by atoms with E-state index in [1.54, 1.807) is 30.6 Å². The maximum Gasteiger partial charge on any atom is 0.251 e. The van der Waals surface area contributed by atoms with Crippen LogP contribution in [0, 0.1) is 0 Å². The molecular weight excluding hydrogens is 326 g/mol. The summed E-state index contributed by atoms with van der Waals surface area (Å²) in [5, 5.41) is 6.69. The van der Waals surface area contributed by atoms with E-state index in [2.05, 4.69) is 25.5 Å². The number of nitrogens with one attached hydrogen (secondary N) is 2. The van der Waals surface area contributed by atoms with Crippen LogP contribution in [0.4, 0.5) is 11.6 Å². The second-order valence-corrected chi connectivity index (χ2v) is 6.08. The molecule has 1 aromatic carbocycles. The fourth-order valence-electron chi connectivity index (χ4n) is 2.63. The zero-order valence-corrected chi connectivity index (χ0v) is 14.1. The van der Waals surface area contributed by atoms with Crippen molar-refractivity contribution in [3.05, 3.63) is 47.2 Å². The molecule has 2 aromatic rings. The predicted molar refractivity (Wildman–Crippen MR) is 95.8 cm³/mol. The Balaban J connectivity index is 1.45. The Morgan fingerprint density at radius 1 is 1.12 bits per heavy atom. The van der Waals surface area contributed by atoms with Crippen LogP contribution in [-0.2, 0) is 0 Å². The number of benzene rings is 1. The van der Waals surface area contributed by atoms with Crippen LogP contribution in [0.25, 0.3) is 0 Å². The van der Waals surface area contributed by atoms with Gasteiger partial charge in [-0.15, -0.1) is 0 Å². The molecular formula is C17H20ClN5O. The van der Waals surface area contributed by atoms with Gasteiger partial charge in [0.1, 0.15) is 18.0 Å². The molecule has 126 valence electrons. The molecule has 0 unspecified atom stereocenters. The van der Waals surface area contributed by atoms with Crippen molar-refractivity contribution < 1.29 is 4.79 Å². The Kier molecular flexibility index (Phi) is 5.48. The van der Waals surface area contributed by atoms with E-state index in [9.17, 15) is 4.79 Å². The van der Waals surface area contributed by atoms with Crippen LogP contribution in [0.3, 0.4) is 0 Å². The molecule has 0 radical (unpaired) electrons. The second-order valence-electron chi connectivity index (χ2n) is 5.65. The Morgan fingerprint density at radius 2 is 1.88 bits per heavy atom. The third-order valence-electron chi connectivity index (χ3n) is 3.91. The standard InChI is InChI=1S/C17H20ClN5O/c18-14-5-3-13(4-6-14)17(24)20-8-7-19-15-11-16(22-12-21-15)23-9-1-2-10-23/h3-6,11-12H,1-2,7-10H2,(H,20,24)(H,19,21,22). The molecule has 6 nitrogen and oxygen atoms in total. The number of halogens is 1. The first-order valence-electron chi connectivity index (χ1n) is 8.07. The predicted octanol–water partition coefficient (Wildman–Crippen LogP) is 2.57. The number of carbonyl (C=O) groups excluding carboxylic acids is 1. The number of anilines is 2. The summed E-state index contributed by atoms with van der Waals surface area (Å²) in [6.45, 7) is 3.20. The molecule has 1 aromatic heterocycles. The highest BCUT2D eigenvalue weighted by molar-refractivity contribution is 6.30.